The van der Waals surface area contributed by atoms with Gasteiger partial charge in [-0.3, -0.25) is 4.79 Å². The van der Waals surface area contributed by atoms with E-state index >= 15 is 0 Å². The predicted octanol–water partition coefficient (Wildman–Crippen LogP) is -7.71. The zero-order chi connectivity index (χ0) is 19.6. The quantitative estimate of drug-likeness (QED) is 0.162. The molecule has 13 heteroatoms. The van der Waals surface area contributed by atoms with Crippen LogP contribution in [0.1, 0.15) is 8.35 Å². The van der Waals surface area contributed by atoms with Gasteiger partial charge in [0, 0.05) is 6.92 Å². The zero-order valence-electron chi connectivity index (χ0n) is 15.9. The molecule has 2 aliphatic rings. The standard InChI is InChI=1S/C14H24O12.Na.H/c1-5(17)23-3-7-8(18)10(20)11(21)13(24-7)26-14(4-16)12(22)9(19)6(2-15)25-14;;/h6-13,15-16,18-22H,2-4H2,1H3;;/q;+1;-1/t6-,7-,8-,9-,10+,11-,12+,13-,14+;;/m1../s1. The second-order valence-electron chi connectivity index (χ2n) is 6.18. The zero-order valence-corrected chi connectivity index (χ0v) is 16.9. The predicted molar refractivity (Wildman–Crippen MR) is 79.3 cm³/mol. The third kappa shape index (κ3) is 5.17. The summed E-state index contributed by atoms with van der Waals surface area (Å²) < 4.78 is 20.4. The molecule has 2 aliphatic heterocycles. The third-order valence-corrected chi connectivity index (χ3v) is 4.34. The van der Waals surface area contributed by atoms with Crippen LogP contribution in [0.2, 0.25) is 0 Å². The van der Waals surface area contributed by atoms with Gasteiger partial charge in [0.1, 0.15) is 55.9 Å². The molecule has 154 valence electrons. The summed E-state index contributed by atoms with van der Waals surface area (Å²) in [5, 5.41) is 68.6. The van der Waals surface area contributed by atoms with Gasteiger partial charge < -0.3 is 56.1 Å². The number of carbonyl (C=O) groups is 1. The summed E-state index contributed by atoms with van der Waals surface area (Å²) in [5.74, 6) is -2.93. The van der Waals surface area contributed by atoms with Crippen molar-refractivity contribution in [3.8, 4) is 0 Å². The molecule has 0 amide bonds. The molecule has 7 N–H and O–H groups in total. The Balaban J connectivity index is 0.00000364. The van der Waals surface area contributed by atoms with E-state index in [0.29, 0.717) is 0 Å². The molecule has 0 aliphatic carbocycles. The van der Waals surface area contributed by atoms with Crippen LogP contribution in [-0.4, -0.2) is 116 Å². The maximum absolute atomic E-state index is 10.9. The van der Waals surface area contributed by atoms with E-state index in [-0.39, 0.29) is 31.0 Å². The fourth-order valence-electron chi connectivity index (χ4n) is 2.82. The van der Waals surface area contributed by atoms with E-state index in [1.807, 2.05) is 0 Å². The molecular formula is C14H25NaO12. The Morgan fingerprint density at radius 2 is 1.67 bits per heavy atom. The van der Waals surface area contributed by atoms with Gasteiger partial charge in [0.15, 0.2) is 6.29 Å². The van der Waals surface area contributed by atoms with Crippen LogP contribution in [0.3, 0.4) is 0 Å². The third-order valence-electron chi connectivity index (χ3n) is 4.34. The first-order valence-electron chi connectivity index (χ1n) is 7.93. The number of carbonyl (C=O) groups excluding carboxylic acids is 1. The summed E-state index contributed by atoms with van der Waals surface area (Å²) in [7, 11) is 0. The Bertz CT molecular complexity index is 501. The minimum Gasteiger partial charge on any atom is -1.00 e. The average molecular weight is 408 g/mol. The average Bonchev–Trinajstić information content (AvgIpc) is 2.86. The molecule has 2 saturated heterocycles. The molecule has 9 atom stereocenters. The number of hydrogen-bond acceptors (Lipinski definition) is 12. The Morgan fingerprint density at radius 1 is 1.04 bits per heavy atom. The van der Waals surface area contributed by atoms with Gasteiger partial charge in [0.05, 0.1) is 6.61 Å². The van der Waals surface area contributed by atoms with Crippen molar-refractivity contribution < 1.29 is 90.5 Å². The van der Waals surface area contributed by atoms with Crippen molar-refractivity contribution in [3.63, 3.8) is 0 Å². The largest absolute Gasteiger partial charge is 1.00 e. The molecule has 2 fully saturated rings. The molecule has 0 spiro atoms. The summed E-state index contributed by atoms with van der Waals surface area (Å²) in [6.07, 6.45) is -12.9. The second-order valence-corrected chi connectivity index (χ2v) is 6.18. The molecular weight excluding hydrogens is 383 g/mol. The Labute approximate surface area is 178 Å². The van der Waals surface area contributed by atoms with Crippen LogP contribution < -0.4 is 29.6 Å². The van der Waals surface area contributed by atoms with Gasteiger partial charge in [-0.25, -0.2) is 0 Å². The summed E-state index contributed by atoms with van der Waals surface area (Å²) in [4.78, 5) is 10.9. The normalized spacial score (nSPS) is 44.6. The van der Waals surface area contributed by atoms with E-state index in [1.165, 1.54) is 0 Å². The number of rotatable bonds is 6. The Morgan fingerprint density at radius 3 is 2.15 bits per heavy atom. The van der Waals surface area contributed by atoms with Crippen molar-refractivity contribution in [3.05, 3.63) is 0 Å². The molecule has 2 heterocycles. The molecule has 0 saturated carbocycles. The van der Waals surface area contributed by atoms with Gasteiger partial charge in [-0.1, -0.05) is 0 Å². The van der Waals surface area contributed by atoms with Gasteiger partial charge in [0.25, 0.3) is 0 Å². The van der Waals surface area contributed by atoms with Gasteiger partial charge in [0.2, 0.25) is 5.79 Å². The first-order chi connectivity index (χ1) is 12.2. The van der Waals surface area contributed by atoms with Crippen LogP contribution in [0.15, 0.2) is 0 Å². The van der Waals surface area contributed by atoms with Crippen molar-refractivity contribution in [2.24, 2.45) is 0 Å². The number of hydrogen-bond donors (Lipinski definition) is 7. The smallest absolute Gasteiger partial charge is 1.00 e. The monoisotopic (exact) mass is 408 g/mol. The number of ether oxygens (including phenoxy) is 4. The topological polar surface area (TPSA) is 196 Å². The first kappa shape index (κ1) is 25.1. The van der Waals surface area contributed by atoms with Crippen LogP contribution in [0.4, 0.5) is 0 Å². The number of aliphatic hydroxyl groups excluding tert-OH is 7. The maximum Gasteiger partial charge on any atom is 1.00 e. The molecule has 2 rings (SSSR count). The van der Waals surface area contributed by atoms with Crippen molar-refractivity contribution in [1.29, 1.82) is 0 Å². The van der Waals surface area contributed by atoms with Crippen LogP contribution in [0.5, 0.6) is 0 Å². The maximum atomic E-state index is 10.9. The molecule has 0 radical (unpaired) electrons. The van der Waals surface area contributed by atoms with Crippen LogP contribution >= 0.6 is 0 Å². The van der Waals surface area contributed by atoms with E-state index in [2.05, 4.69) is 0 Å². The summed E-state index contributed by atoms with van der Waals surface area (Å²) in [5.41, 5.74) is 0. The fourth-order valence-corrected chi connectivity index (χ4v) is 2.82. The molecule has 0 unspecified atom stereocenters. The van der Waals surface area contributed by atoms with E-state index in [1.54, 1.807) is 0 Å². The molecule has 0 aromatic heterocycles. The van der Waals surface area contributed by atoms with Gasteiger partial charge in [-0.2, -0.15) is 0 Å². The number of esters is 1. The van der Waals surface area contributed by atoms with E-state index < -0.39 is 80.6 Å². The van der Waals surface area contributed by atoms with E-state index in [4.69, 9.17) is 24.1 Å². The summed E-state index contributed by atoms with van der Waals surface area (Å²) in [6.45, 7) is -1.01. The van der Waals surface area contributed by atoms with Crippen molar-refractivity contribution >= 4 is 5.97 Å². The second kappa shape index (κ2) is 10.2. The summed E-state index contributed by atoms with van der Waals surface area (Å²) >= 11 is 0. The Hall–Kier alpha value is 0.0700. The van der Waals surface area contributed by atoms with Crippen LogP contribution in [0, 0.1) is 0 Å². The van der Waals surface area contributed by atoms with Crippen molar-refractivity contribution in [2.75, 3.05) is 19.8 Å². The molecule has 12 nitrogen and oxygen atoms in total. The van der Waals surface area contributed by atoms with Gasteiger partial charge in [-0.05, 0) is 0 Å². The molecule has 0 bridgehead atoms. The van der Waals surface area contributed by atoms with Crippen molar-refractivity contribution in [1.82, 2.24) is 0 Å². The summed E-state index contributed by atoms with van der Waals surface area (Å²) in [6, 6.07) is 0. The van der Waals surface area contributed by atoms with Crippen LogP contribution in [-0.2, 0) is 23.7 Å². The SMILES string of the molecule is CC(=O)OC[C@H]1O[C@H](O[C@]2(CO)O[C@H](CO)[C@@H](O)[C@@H]2O)[C@H](O)[C@@H](O)[C@@H]1O.[H-].[Na+]. The van der Waals surface area contributed by atoms with E-state index in [0.717, 1.165) is 6.92 Å². The first-order valence-corrected chi connectivity index (χ1v) is 7.93. The van der Waals surface area contributed by atoms with Crippen LogP contribution in [0.25, 0.3) is 0 Å². The fraction of sp³-hybridized carbons (Fsp3) is 0.929. The molecule has 0 aromatic rings. The van der Waals surface area contributed by atoms with Gasteiger partial charge >= 0.3 is 35.5 Å². The van der Waals surface area contributed by atoms with E-state index in [9.17, 15) is 35.4 Å². The minimum atomic E-state index is -2.26. The molecule has 27 heavy (non-hydrogen) atoms. The minimum absolute atomic E-state index is 0. The Kier molecular flexibility index (Phi) is 9.49. The van der Waals surface area contributed by atoms with Crippen molar-refractivity contribution in [2.45, 2.75) is 61.7 Å². The molecule has 0 aromatic carbocycles. The van der Waals surface area contributed by atoms with Gasteiger partial charge in [-0.15, -0.1) is 0 Å². The number of aliphatic hydroxyl groups is 7.